The van der Waals surface area contributed by atoms with Crippen LogP contribution in [0.1, 0.15) is 23.7 Å². The van der Waals surface area contributed by atoms with E-state index in [0.29, 0.717) is 22.7 Å². The van der Waals surface area contributed by atoms with Gasteiger partial charge in [0.1, 0.15) is 0 Å². The van der Waals surface area contributed by atoms with Crippen LogP contribution in [0.5, 0.6) is 0 Å². The largest absolute Gasteiger partial charge is 0.366 e. The highest BCUT2D eigenvalue weighted by Gasteiger charge is 2.19. The number of amides is 2. The van der Waals surface area contributed by atoms with Gasteiger partial charge >= 0.3 is 0 Å². The molecule has 6 heteroatoms. The lowest BCUT2D eigenvalue weighted by atomic mass is 10.1. The summed E-state index contributed by atoms with van der Waals surface area (Å²) in [6.45, 7) is 1.94. The van der Waals surface area contributed by atoms with Gasteiger partial charge in [0.15, 0.2) is 0 Å². The lowest BCUT2D eigenvalue weighted by Crippen LogP contribution is -2.26. The molecule has 23 heavy (non-hydrogen) atoms. The summed E-state index contributed by atoms with van der Waals surface area (Å²) < 4.78 is 0. The summed E-state index contributed by atoms with van der Waals surface area (Å²) in [5.41, 5.74) is 6.06. The quantitative estimate of drug-likeness (QED) is 0.776. The predicted octanol–water partition coefficient (Wildman–Crippen LogP) is 3.95. The Hall–Kier alpha value is -1.98. The summed E-state index contributed by atoms with van der Waals surface area (Å²) in [5.74, 6) is -0.736. The molecule has 0 heterocycles. The maximum absolute atomic E-state index is 12.5. The lowest BCUT2D eigenvalue weighted by Gasteiger charge is -2.16. The highest BCUT2D eigenvalue weighted by atomic mass is 35.5. The third-order valence-electron chi connectivity index (χ3n) is 3.21. The van der Waals surface area contributed by atoms with Crippen LogP contribution in [0.3, 0.4) is 0 Å². The Kier molecular flexibility index (Phi) is 6.07. The molecule has 0 radical (unpaired) electrons. The van der Waals surface area contributed by atoms with Crippen LogP contribution in [0.25, 0.3) is 0 Å². The van der Waals surface area contributed by atoms with Gasteiger partial charge in [0, 0.05) is 9.92 Å². The van der Waals surface area contributed by atoms with Gasteiger partial charge in [0.05, 0.1) is 16.5 Å². The minimum atomic E-state index is -0.570. The second-order valence-corrected chi connectivity index (χ2v) is 6.58. The van der Waals surface area contributed by atoms with Gasteiger partial charge in [-0.25, -0.2) is 0 Å². The van der Waals surface area contributed by atoms with Crippen molar-refractivity contribution in [3.63, 3.8) is 0 Å². The number of nitrogens with two attached hydrogens (primary N) is 1. The Labute approximate surface area is 144 Å². The van der Waals surface area contributed by atoms with Crippen molar-refractivity contribution in [3.05, 3.63) is 59.1 Å². The highest BCUT2D eigenvalue weighted by Crippen LogP contribution is 2.28. The molecular formula is C17H17ClN2O2S. The van der Waals surface area contributed by atoms with Crippen molar-refractivity contribution in [1.82, 2.24) is 0 Å². The first-order valence-corrected chi connectivity index (χ1v) is 8.39. The maximum atomic E-state index is 12.5. The topological polar surface area (TPSA) is 72.2 Å². The zero-order chi connectivity index (χ0) is 16.8. The van der Waals surface area contributed by atoms with Crippen LogP contribution in [0, 0.1) is 0 Å². The smallest absolute Gasteiger partial charge is 0.250 e. The molecule has 0 saturated heterocycles. The Morgan fingerprint density at radius 3 is 2.43 bits per heavy atom. The van der Waals surface area contributed by atoms with Gasteiger partial charge < -0.3 is 11.1 Å². The first-order valence-electron chi connectivity index (χ1n) is 7.13. The summed E-state index contributed by atoms with van der Waals surface area (Å²) >= 11 is 7.32. The van der Waals surface area contributed by atoms with Crippen LogP contribution >= 0.6 is 23.4 Å². The predicted molar refractivity (Wildman–Crippen MR) is 95.0 cm³/mol. The molecule has 0 fully saturated rings. The minimum Gasteiger partial charge on any atom is -0.366 e. The van der Waals surface area contributed by atoms with Crippen LogP contribution in [-0.4, -0.2) is 17.1 Å². The third-order valence-corrected chi connectivity index (χ3v) is 4.83. The van der Waals surface area contributed by atoms with Gasteiger partial charge in [0.25, 0.3) is 5.91 Å². The Morgan fingerprint density at radius 1 is 1.17 bits per heavy atom. The normalized spacial score (nSPS) is 11.7. The third kappa shape index (κ3) is 4.74. The van der Waals surface area contributed by atoms with Crippen molar-refractivity contribution in [3.8, 4) is 0 Å². The number of hydrogen-bond acceptors (Lipinski definition) is 3. The van der Waals surface area contributed by atoms with E-state index in [2.05, 4.69) is 5.32 Å². The number of nitrogens with one attached hydrogen (secondary N) is 1. The number of anilines is 1. The molecule has 3 N–H and O–H groups in total. The molecule has 0 saturated carbocycles. The number of thioether (sulfide) groups is 1. The summed E-state index contributed by atoms with van der Waals surface area (Å²) in [6, 6.07) is 14.0. The van der Waals surface area contributed by atoms with E-state index in [4.69, 9.17) is 17.3 Å². The summed E-state index contributed by atoms with van der Waals surface area (Å²) in [6.07, 6.45) is 0.651. The lowest BCUT2D eigenvalue weighted by molar-refractivity contribution is -0.115. The average molecular weight is 349 g/mol. The van der Waals surface area contributed by atoms with E-state index in [0.717, 1.165) is 4.90 Å². The van der Waals surface area contributed by atoms with E-state index < -0.39 is 5.91 Å². The molecule has 0 bridgehead atoms. The summed E-state index contributed by atoms with van der Waals surface area (Å²) in [7, 11) is 0. The first-order chi connectivity index (χ1) is 11.0. The number of carbonyl (C=O) groups excluding carboxylic acids is 2. The Morgan fingerprint density at radius 2 is 1.83 bits per heavy atom. The van der Waals surface area contributed by atoms with E-state index in [1.165, 1.54) is 11.8 Å². The molecule has 0 spiro atoms. The van der Waals surface area contributed by atoms with Gasteiger partial charge in [-0.05, 0) is 42.8 Å². The highest BCUT2D eigenvalue weighted by molar-refractivity contribution is 8.00. The molecule has 0 aliphatic carbocycles. The number of rotatable bonds is 6. The molecule has 120 valence electrons. The van der Waals surface area contributed by atoms with Crippen molar-refractivity contribution in [1.29, 1.82) is 0 Å². The van der Waals surface area contributed by atoms with Crippen LogP contribution in [0.2, 0.25) is 5.02 Å². The van der Waals surface area contributed by atoms with Crippen molar-refractivity contribution in [2.24, 2.45) is 5.73 Å². The van der Waals surface area contributed by atoms with Crippen LogP contribution in [0.15, 0.2) is 53.4 Å². The SMILES string of the molecule is CC[C@@H](Sc1ccc(Cl)cc1)C(=O)Nc1ccccc1C(N)=O. The van der Waals surface area contributed by atoms with E-state index >= 15 is 0 Å². The molecule has 2 rings (SSSR count). The summed E-state index contributed by atoms with van der Waals surface area (Å²) in [4.78, 5) is 24.9. The minimum absolute atomic E-state index is 0.166. The van der Waals surface area contributed by atoms with Crippen molar-refractivity contribution < 1.29 is 9.59 Å². The van der Waals surface area contributed by atoms with Crippen LogP contribution in [0.4, 0.5) is 5.69 Å². The molecule has 4 nitrogen and oxygen atoms in total. The first kappa shape index (κ1) is 17.4. The second-order valence-electron chi connectivity index (χ2n) is 4.87. The number of carbonyl (C=O) groups is 2. The van der Waals surface area contributed by atoms with Crippen molar-refractivity contribution in [2.45, 2.75) is 23.5 Å². The number of primary amides is 1. The van der Waals surface area contributed by atoms with Crippen LogP contribution in [-0.2, 0) is 4.79 Å². The molecule has 2 aromatic carbocycles. The molecule has 2 aromatic rings. The molecule has 0 aliphatic heterocycles. The second kappa shape index (κ2) is 8.04. The maximum Gasteiger partial charge on any atom is 0.250 e. The van der Waals surface area contributed by atoms with Gasteiger partial charge in [-0.3, -0.25) is 9.59 Å². The molecular weight excluding hydrogens is 332 g/mol. The molecule has 2 amide bonds. The summed E-state index contributed by atoms with van der Waals surface area (Å²) in [5, 5.41) is 3.16. The van der Waals surface area contributed by atoms with E-state index in [-0.39, 0.29) is 11.2 Å². The number of benzene rings is 2. The fraction of sp³-hybridized carbons (Fsp3) is 0.176. The van der Waals surface area contributed by atoms with E-state index in [9.17, 15) is 9.59 Å². The Bertz CT molecular complexity index is 704. The molecule has 0 aromatic heterocycles. The van der Waals surface area contributed by atoms with E-state index in [1.54, 1.807) is 36.4 Å². The van der Waals surface area contributed by atoms with Gasteiger partial charge in [0.2, 0.25) is 5.91 Å². The number of halogens is 1. The fourth-order valence-corrected chi connectivity index (χ4v) is 3.10. The number of hydrogen-bond donors (Lipinski definition) is 2. The average Bonchev–Trinajstić information content (AvgIpc) is 2.54. The zero-order valence-electron chi connectivity index (χ0n) is 12.6. The standard InChI is InChI=1S/C17H17ClN2O2S/c1-2-15(23-12-9-7-11(18)8-10-12)17(22)20-14-6-4-3-5-13(14)16(19)21/h3-10,15H,2H2,1H3,(H2,19,21)(H,20,22)/t15-/m1/s1. The van der Waals surface area contributed by atoms with Crippen molar-refractivity contribution >= 4 is 40.9 Å². The zero-order valence-corrected chi connectivity index (χ0v) is 14.2. The van der Waals surface area contributed by atoms with Crippen molar-refractivity contribution in [2.75, 3.05) is 5.32 Å². The molecule has 1 atom stereocenters. The fourth-order valence-electron chi connectivity index (χ4n) is 2.02. The number of para-hydroxylation sites is 1. The Balaban J connectivity index is 2.11. The monoisotopic (exact) mass is 348 g/mol. The van der Waals surface area contributed by atoms with Gasteiger partial charge in [-0.15, -0.1) is 11.8 Å². The van der Waals surface area contributed by atoms with Crippen LogP contribution < -0.4 is 11.1 Å². The molecule has 0 aliphatic rings. The molecule has 0 unspecified atom stereocenters. The van der Waals surface area contributed by atoms with Gasteiger partial charge in [-0.2, -0.15) is 0 Å². The van der Waals surface area contributed by atoms with Gasteiger partial charge in [-0.1, -0.05) is 30.7 Å². The van der Waals surface area contributed by atoms with E-state index in [1.807, 2.05) is 19.1 Å².